The zero-order valence-electron chi connectivity index (χ0n) is 6.83. The molecule has 0 aromatic rings. The van der Waals surface area contributed by atoms with Gasteiger partial charge in [-0.3, -0.25) is 0 Å². The first-order chi connectivity index (χ1) is 5.38. The predicted molar refractivity (Wildman–Crippen MR) is 44.4 cm³/mol. The first-order valence-corrected chi connectivity index (χ1v) is 4.23. The second kappa shape index (κ2) is 4.52. The summed E-state index contributed by atoms with van der Waals surface area (Å²) in [5, 5.41) is 8.93. The molecule has 1 rings (SSSR count). The van der Waals surface area contributed by atoms with Crippen LogP contribution in [0.5, 0.6) is 0 Å². The van der Waals surface area contributed by atoms with Crippen molar-refractivity contribution in [3.8, 4) is 0 Å². The molecule has 0 saturated carbocycles. The van der Waals surface area contributed by atoms with E-state index in [-0.39, 0.29) is 18.6 Å². The van der Waals surface area contributed by atoms with Gasteiger partial charge in [0.1, 0.15) is 0 Å². The van der Waals surface area contributed by atoms with Gasteiger partial charge < -0.3 is 9.84 Å². The fraction of sp³-hybridized carbons (Fsp3) is 0.778. The lowest BCUT2D eigenvalue weighted by Gasteiger charge is -2.27. The molecule has 1 heterocycles. The zero-order valence-corrected chi connectivity index (χ0v) is 6.83. The summed E-state index contributed by atoms with van der Waals surface area (Å²) in [6.45, 7) is 4.67. The van der Waals surface area contributed by atoms with Crippen molar-refractivity contribution in [2.45, 2.75) is 25.4 Å². The normalized spacial score (nSPS) is 27.9. The van der Waals surface area contributed by atoms with E-state index < -0.39 is 0 Å². The summed E-state index contributed by atoms with van der Waals surface area (Å²) < 4.78 is 5.49. The van der Waals surface area contributed by atoms with E-state index in [2.05, 4.69) is 6.58 Å². The van der Waals surface area contributed by atoms with E-state index in [0.717, 1.165) is 19.4 Å². The van der Waals surface area contributed by atoms with Gasteiger partial charge in [-0.15, -0.1) is 6.58 Å². The van der Waals surface area contributed by atoms with Gasteiger partial charge in [-0.05, 0) is 19.3 Å². The molecule has 2 heteroatoms. The van der Waals surface area contributed by atoms with Gasteiger partial charge in [0.15, 0.2) is 0 Å². The average molecular weight is 156 g/mol. The first-order valence-electron chi connectivity index (χ1n) is 4.23. The number of rotatable bonds is 3. The molecule has 0 aromatic heterocycles. The van der Waals surface area contributed by atoms with Crippen LogP contribution in [-0.2, 0) is 4.74 Å². The van der Waals surface area contributed by atoms with Gasteiger partial charge in [-0.1, -0.05) is 6.08 Å². The number of aliphatic hydroxyl groups excluding tert-OH is 1. The summed E-state index contributed by atoms with van der Waals surface area (Å²) in [6.07, 6.45) is 5.44. The van der Waals surface area contributed by atoms with E-state index >= 15 is 0 Å². The number of aliphatic hydroxyl groups is 1. The van der Waals surface area contributed by atoms with Crippen molar-refractivity contribution in [2.75, 3.05) is 13.2 Å². The number of ether oxygens (including phenoxy) is 1. The van der Waals surface area contributed by atoms with Gasteiger partial charge in [0, 0.05) is 12.5 Å². The number of hydrogen-bond acceptors (Lipinski definition) is 2. The van der Waals surface area contributed by atoms with E-state index in [1.165, 1.54) is 6.42 Å². The fourth-order valence-electron chi connectivity index (χ4n) is 1.45. The maximum Gasteiger partial charge on any atom is 0.0659 e. The van der Waals surface area contributed by atoms with Crippen molar-refractivity contribution in [3.63, 3.8) is 0 Å². The summed E-state index contributed by atoms with van der Waals surface area (Å²) >= 11 is 0. The minimum atomic E-state index is 0.135. The molecule has 1 N–H and O–H groups in total. The highest BCUT2D eigenvalue weighted by Crippen LogP contribution is 2.20. The van der Waals surface area contributed by atoms with Crippen LogP contribution in [0.25, 0.3) is 0 Å². The maximum atomic E-state index is 8.93. The third kappa shape index (κ3) is 2.31. The molecule has 1 fully saturated rings. The molecule has 1 saturated heterocycles. The van der Waals surface area contributed by atoms with Crippen LogP contribution < -0.4 is 0 Å². The van der Waals surface area contributed by atoms with Gasteiger partial charge in [0.2, 0.25) is 0 Å². The standard InChI is InChI=1S/C9H16O2/c1-2-8(7-10)9-5-3-4-6-11-9/h2,8-10H,1,3-7H2/t8-,9-/m0/s1. The van der Waals surface area contributed by atoms with E-state index in [1.807, 2.05) is 0 Å². The van der Waals surface area contributed by atoms with Crippen LogP contribution in [0.3, 0.4) is 0 Å². The molecule has 0 spiro atoms. The lowest BCUT2D eigenvalue weighted by atomic mass is 9.97. The quantitative estimate of drug-likeness (QED) is 0.625. The summed E-state index contributed by atoms with van der Waals surface area (Å²) in [7, 11) is 0. The maximum absolute atomic E-state index is 8.93. The molecule has 2 nitrogen and oxygen atoms in total. The molecule has 0 bridgehead atoms. The Morgan fingerprint density at radius 1 is 1.64 bits per heavy atom. The van der Waals surface area contributed by atoms with Crippen LogP contribution in [0.1, 0.15) is 19.3 Å². The van der Waals surface area contributed by atoms with Crippen molar-refractivity contribution >= 4 is 0 Å². The summed E-state index contributed by atoms with van der Waals surface area (Å²) in [5.74, 6) is 0.135. The minimum Gasteiger partial charge on any atom is -0.396 e. The third-order valence-electron chi connectivity index (χ3n) is 2.21. The van der Waals surface area contributed by atoms with Crippen molar-refractivity contribution in [1.29, 1.82) is 0 Å². The van der Waals surface area contributed by atoms with Crippen LogP contribution in [0.4, 0.5) is 0 Å². The monoisotopic (exact) mass is 156 g/mol. The highest BCUT2D eigenvalue weighted by Gasteiger charge is 2.20. The lowest BCUT2D eigenvalue weighted by molar-refractivity contribution is -0.0214. The molecule has 0 amide bonds. The Bertz CT molecular complexity index is 117. The molecule has 11 heavy (non-hydrogen) atoms. The summed E-state index contributed by atoms with van der Waals surface area (Å²) in [4.78, 5) is 0. The van der Waals surface area contributed by atoms with Crippen LogP contribution in [0.2, 0.25) is 0 Å². The minimum absolute atomic E-state index is 0.135. The highest BCUT2D eigenvalue weighted by molar-refractivity contribution is 4.86. The van der Waals surface area contributed by atoms with Crippen LogP contribution in [-0.4, -0.2) is 24.4 Å². The predicted octanol–water partition coefficient (Wildman–Crippen LogP) is 1.35. The van der Waals surface area contributed by atoms with E-state index in [4.69, 9.17) is 9.84 Å². The van der Waals surface area contributed by atoms with Gasteiger partial charge in [0.05, 0.1) is 12.7 Å². The third-order valence-corrected chi connectivity index (χ3v) is 2.21. The Hall–Kier alpha value is -0.340. The second-order valence-corrected chi connectivity index (χ2v) is 2.99. The zero-order chi connectivity index (χ0) is 8.10. The molecule has 1 aliphatic rings. The molecule has 2 atom stereocenters. The topological polar surface area (TPSA) is 29.5 Å². The Balaban J connectivity index is 2.35. The van der Waals surface area contributed by atoms with Crippen molar-refractivity contribution in [1.82, 2.24) is 0 Å². The van der Waals surface area contributed by atoms with Crippen molar-refractivity contribution in [2.24, 2.45) is 5.92 Å². The summed E-state index contributed by atoms with van der Waals surface area (Å²) in [6, 6.07) is 0. The Morgan fingerprint density at radius 2 is 2.45 bits per heavy atom. The first kappa shape index (κ1) is 8.75. The largest absolute Gasteiger partial charge is 0.396 e. The SMILES string of the molecule is C=C[C@@H](CO)[C@@H]1CCCCO1. The molecule has 0 unspecified atom stereocenters. The fourth-order valence-corrected chi connectivity index (χ4v) is 1.45. The van der Waals surface area contributed by atoms with Gasteiger partial charge in [-0.2, -0.15) is 0 Å². The Kier molecular flexibility index (Phi) is 3.60. The van der Waals surface area contributed by atoms with Crippen molar-refractivity contribution in [3.05, 3.63) is 12.7 Å². The molecular formula is C9H16O2. The van der Waals surface area contributed by atoms with E-state index in [9.17, 15) is 0 Å². The smallest absolute Gasteiger partial charge is 0.0659 e. The van der Waals surface area contributed by atoms with E-state index in [0.29, 0.717) is 0 Å². The summed E-state index contributed by atoms with van der Waals surface area (Å²) in [5.41, 5.74) is 0. The number of hydrogen-bond donors (Lipinski definition) is 1. The van der Waals surface area contributed by atoms with E-state index in [1.54, 1.807) is 6.08 Å². The lowest BCUT2D eigenvalue weighted by Crippen LogP contribution is -2.28. The van der Waals surface area contributed by atoms with Crippen LogP contribution >= 0.6 is 0 Å². The van der Waals surface area contributed by atoms with Gasteiger partial charge in [0.25, 0.3) is 0 Å². The second-order valence-electron chi connectivity index (χ2n) is 2.99. The Morgan fingerprint density at radius 3 is 2.91 bits per heavy atom. The molecule has 64 valence electrons. The molecule has 0 aromatic carbocycles. The van der Waals surface area contributed by atoms with Gasteiger partial charge in [-0.25, -0.2) is 0 Å². The molecule has 0 radical (unpaired) electrons. The Labute approximate surface area is 67.9 Å². The highest BCUT2D eigenvalue weighted by atomic mass is 16.5. The van der Waals surface area contributed by atoms with Crippen LogP contribution in [0.15, 0.2) is 12.7 Å². The van der Waals surface area contributed by atoms with Crippen LogP contribution in [0, 0.1) is 5.92 Å². The molecule has 1 aliphatic heterocycles. The molecular weight excluding hydrogens is 140 g/mol. The van der Waals surface area contributed by atoms with Gasteiger partial charge >= 0.3 is 0 Å². The van der Waals surface area contributed by atoms with Crippen molar-refractivity contribution < 1.29 is 9.84 Å². The molecule has 0 aliphatic carbocycles. The average Bonchev–Trinajstić information content (AvgIpc) is 2.09.